The zero-order valence-corrected chi connectivity index (χ0v) is 16.0. The molecule has 2 heterocycles. The summed E-state index contributed by atoms with van der Waals surface area (Å²) in [6, 6.07) is 10.6. The van der Waals surface area contributed by atoms with Crippen molar-refractivity contribution in [2.45, 2.75) is 6.54 Å². The van der Waals surface area contributed by atoms with Gasteiger partial charge in [0.05, 0.1) is 22.7 Å². The number of rotatable bonds is 4. The average Bonchev–Trinajstić information content (AvgIpc) is 3.07. The van der Waals surface area contributed by atoms with Crippen molar-refractivity contribution in [2.24, 2.45) is 0 Å². The molecular formula is C18H20ClN3O3S. The summed E-state index contributed by atoms with van der Waals surface area (Å²) in [4.78, 5) is 29.6. The van der Waals surface area contributed by atoms with Gasteiger partial charge in [-0.3, -0.25) is 4.90 Å². The summed E-state index contributed by atoms with van der Waals surface area (Å²) in [5.74, 6) is -0.472. The summed E-state index contributed by atoms with van der Waals surface area (Å²) in [6.07, 6.45) is 0. The first kappa shape index (κ1) is 18.7. The minimum atomic E-state index is -0.472. The predicted molar refractivity (Wildman–Crippen MR) is 103 cm³/mol. The highest BCUT2D eigenvalue weighted by molar-refractivity contribution is 7.16. The van der Waals surface area contributed by atoms with Gasteiger partial charge < -0.3 is 15.0 Å². The molecule has 3 rings (SSSR count). The molecule has 8 heteroatoms. The maximum atomic E-state index is 12.5. The number of benzene rings is 1. The topological polar surface area (TPSA) is 61.9 Å². The molecule has 0 spiro atoms. The molecule has 0 aliphatic carbocycles. The molecule has 0 saturated carbocycles. The van der Waals surface area contributed by atoms with Gasteiger partial charge in [0.2, 0.25) is 0 Å². The first-order valence-electron chi connectivity index (χ1n) is 8.26. The number of hydrogen-bond donors (Lipinski definition) is 1. The molecule has 0 unspecified atom stereocenters. The van der Waals surface area contributed by atoms with Gasteiger partial charge in [0, 0.05) is 37.6 Å². The molecule has 2 amide bonds. The predicted octanol–water partition coefficient (Wildman–Crippen LogP) is 3.54. The number of ether oxygens (including phenoxy) is 1. The Hall–Kier alpha value is -2.09. The number of nitrogens with one attached hydrogen (secondary N) is 1. The number of urea groups is 1. The van der Waals surface area contributed by atoms with Crippen molar-refractivity contribution in [2.75, 3.05) is 38.6 Å². The number of piperazine rings is 1. The Morgan fingerprint density at radius 1 is 1.15 bits per heavy atom. The van der Waals surface area contributed by atoms with Gasteiger partial charge in [-0.25, -0.2) is 9.59 Å². The molecule has 138 valence electrons. The van der Waals surface area contributed by atoms with Crippen LogP contribution < -0.4 is 5.32 Å². The molecule has 26 heavy (non-hydrogen) atoms. The molecule has 1 fully saturated rings. The number of carbonyl (C=O) groups excluding carboxylic acids is 2. The summed E-state index contributed by atoms with van der Waals surface area (Å²) >= 11 is 7.56. The SMILES string of the molecule is COC(=O)c1ccccc1NC(=O)N1CCN(Cc2ccc(Cl)s2)CC1. The van der Waals surface area contributed by atoms with Crippen LogP contribution in [-0.4, -0.2) is 55.1 Å². The molecule has 2 aromatic rings. The molecule has 0 atom stereocenters. The van der Waals surface area contributed by atoms with Crippen LogP contribution in [0.25, 0.3) is 0 Å². The van der Waals surface area contributed by atoms with Crippen molar-refractivity contribution >= 4 is 40.6 Å². The Morgan fingerprint density at radius 3 is 2.54 bits per heavy atom. The number of carbonyl (C=O) groups is 2. The van der Waals surface area contributed by atoms with E-state index in [2.05, 4.69) is 10.2 Å². The van der Waals surface area contributed by atoms with Crippen LogP contribution in [0.1, 0.15) is 15.2 Å². The average molecular weight is 394 g/mol. The molecule has 1 aliphatic rings. The molecule has 0 radical (unpaired) electrons. The summed E-state index contributed by atoms with van der Waals surface area (Å²) in [6.45, 7) is 3.69. The molecule has 1 aliphatic heterocycles. The van der Waals surface area contributed by atoms with E-state index in [4.69, 9.17) is 16.3 Å². The van der Waals surface area contributed by atoms with Crippen LogP contribution in [-0.2, 0) is 11.3 Å². The lowest BCUT2D eigenvalue weighted by Gasteiger charge is -2.34. The second kappa shape index (κ2) is 8.53. The van der Waals surface area contributed by atoms with Crippen molar-refractivity contribution < 1.29 is 14.3 Å². The second-order valence-corrected chi connectivity index (χ2v) is 7.74. The van der Waals surface area contributed by atoms with E-state index in [1.54, 1.807) is 40.5 Å². The molecule has 6 nitrogen and oxygen atoms in total. The highest BCUT2D eigenvalue weighted by Gasteiger charge is 2.23. The fraction of sp³-hybridized carbons (Fsp3) is 0.333. The van der Waals surface area contributed by atoms with Crippen molar-refractivity contribution in [3.8, 4) is 0 Å². The van der Waals surface area contributed by atoms with Crippen LogP contribution in [0, 0.1) is 0 Å². The molecule has 1 N–H and O–H groups in total. The van der Waals surface area contributed by atoms with Crippen molar-refractivity contribution in [1.29, 1.82) is 0 Å². The summed E-state index contributed by atoms with van der Waals surface area (Å²) in [5.41, 5.74) is 0.802. The third-order valence-corrected chi connectivity index (χ3v) is 5.46. The van der Waals surface area contributed by atoms with Crippen LogP contribution in [0.5, 0.6) is 0 Å². The van der Waals surface area contributed by atoms with Crippen molar-refractivity contribution in [1.82, 2.24) is 9.80 Å². The maximum Gasteiger partial charge on any atom is 0.339 e. The zero-order valence-electron chi connectivity index (χ0n) is 14.4. The zero-order chi connectivity index (χ0) is 18.5. The standard InChI is InChI=1S/C18H20ClN3O3S/c1-25-17(23)14-4-2-3-5-15(14)20-18(24)22-10-8-21(9-11-22)12-13-6-7-16(19)26-13/h2-7H,8-12H2,1H3,(H,20,24). The van der Waals surface area contributed by atoms with E-state index >= 15 is 0 Å². The second-order valence-electron chi connectivity index (χ2n) is 5.94. The number of thiophene rings is 1. The van der Waals surface area contributed by atoms with Gasteiger partial charge >= 0.3 is 12.0 Å². The van der Waals surface area contributed by atoms with E-state index in [9.17, 15) is 9.59 Å². The number of para-hydroxylation sites is 1. The number of methoxy groups -OCH3 is 1. The number of halogens is 1. The van der Waals surface area contributed by atoms with Gasteiger partial charge in [-0.15, -0.1) is 11.3 Å². The van der Waals surface area contributed by atoms with Crippen LogP contribution in [0.3, 0.4) is 0 Å². The van der Waals surface area contributed by atoms with E-state index in [1.165, 1.54) is 12.0 Å². The minimum absolute atomic E-state index is 0.208. The fourth-order valence-corrected chi connectivity index (χ4v) is 3.97. The Bertz CT molecular complexity index is 787. The Labute approximate surface area is 161 Å². The van der Waals surface area contributed by atoms with Gasteiger partial charge in [0.25, 0.3) is 0 Å². The summed E-state index contributed by atoms with van der Waals surface area (Å²) in [7, 11) is 1.32. The Balaban J connectivity index is 1.55. The van der Waals surface area contributed by atoms with Crippen LogP contribution >= 0.6 is 22.9 Å². The lowest BCUT2D eigenvalue weighted by Crippen LogP contribution is -2.49. The van der Waals surface area contributed by atoms with Crippen molar-refractivity contribution in [3.63, 3.8) is 0 Å². The van der Waals surface area contributed by atoms with Crippen LogP contribution in [0.4, 0.5) is 10.5 Å². The summed E-state index contributed by atoms with van der Waals surface area (Å²) in [5, 5.41) is 2.82. The lowest BCUT2D eigenvalue weighted by molar-refractivity contribution is 0.0602. The summed E-state index contributed by atoms with van der Waals surface area (Å²) < 4.78 is 5.55. The smallest absolute Gasteiger partial charge is 0.339 e. The number of hydrogen-bond acceptors (Lipinski definition) is 5. The Kier molecular flexibility index (Phi) is 6.13. The van der Waals surface area contributed by atoms with Crippen molar-refractivity contribution in [3.05, 3.63) is 51.2 Å². The first-order valence-corrected chi connectivity index (χ1v) is 9.46. The largest absolute Gasteiger partial charge is 0.465 e. The highest BCUT2D eigenvalue weighted by atomic mass is 35.5. The van der Waals surface area contributed by atoms with Crippen LogP contribution in [0.15, 0.2) is 36.4 Å². The molecule has 1 saturated heterocycles. The molecular weight excluding hydrogens is 374 g/mol. The Morgan fingerprint density at radius 2 is 1.88 bits per heavy atom. The van der Waals surface area contributed by atoms with E-state index < -0.39 is 5.97 Å². The molecule has 1 aromatic heterocycles. The van der Waals surface area contributed by atoms with E-state index in [0.717, 1.165) is 24.0 Å². The molecule has 0 bridgehead atoms. The normalized spacial score (nSPS) is 14.9. The first-order chi connectivity index (χ1) is 12.6. The van der Waals surface area contributed by atoms with Gasteiger partial charge in [-0.1, -0.05) is 23.7 Å². The highest BCUT2D eigenvalue weighted by Crippen LogP contribution is 2.23. The third kappa shape index (κ3) is 4.55. The third-order valence-electron chi connectivity index (χ3n) is 4.24. The van der Waals surface area contributed by atoms with Gasteiger partial charge in [0.15, 0.2) is 0 Å². The number of anilines is 1. The lowest BCUT2D eigenvalue weighted by atomic mass is 10.2. The maximum absolute atomic E-state index is 12.5. The number of nitrogens with zero attached hydrogens (tertiary/aromatic N) is 2. The minimum Gasteiger partial charge on any atom is -0.465 e. The number of esters is 1. The van der Waals surface area contributed by atoms with E-state index in [-0.39, 0.29) is 6.03 Å². The van der Waals surface area contributed by atoms with Gasteiger partial charge in [-0.05, 0) is 24.3 Å². The van der Waals surface area contributed by atoms with Gasteiger partial charge in [-0.2, -0.15) is 0 Å². The van der Waals surface area contributed by atoms with Crippen LogP contribution in [0.2, 0.25) is 4.34 Å². The van der Waals surface area contributed by atoms with E-state index in [1.807, 2.05) is 12.1 Å². The number of amides is 2. The van der Waals surface area contributed by atoms with Gasteiger partial charge in [0.1, 0.15) is 0 Å². The molecule has 1 aromatic carbocycles. The monoisotopic (exact) mass is 393 g/mol. The van der Waals surface area contributed by atoms with E-state index in [0.29, 0.717) is 24.3 Å². The quantitative estimate of drug-likeness (QED) is 0.807. The fourth-order valence-electron chi connectivity index (χ4n) is 2.84.